The predicted octanol–water partition coefficient (Wildman–Crippen LogP) is 4.74. The van der Waals surface area contributed by atoms with E-state index >= 15 is 0 Å². The van der Waals surface area contributed by atoms with Gasteiger partial charge in [0.15, 0.2) is 5.69 Å². The average molecular weight is 308 g/mol. The van der Waals surface area contributed by atoms with Crippen LogP contribution >= 0.6 is 0 Å². The Labute approximate surface area is 135 Å². The predicted molar refractivity (Wildman–Crippen MR) is 90.0 cm³/mol. The second kappa shape index (κ2) is 8.96. The van der Waals surface area contributed by atoms with E-state index in [4.69, 9.17) is 4.52 Å². The zero-order valence-electron chi connectivity index (χ0n) is 14.9. The summed E-state index contributed by atoms with van der Waals surface area (Å²) in [5.74, 6) is 0.621. The van der Waals surface area contributed by atoms with Gasteiger partial charge < -0.3 is 9.84 Å². The van der Waals surface area contributed by atoms with Crippen LogP contribution in [0.15, 0.2) is 10.6 Å². The molecule has 0 aliphatic carbocycles. The summed E-state index contributed by atoms with van der Waals surface area (Å²) in [6, 6.07) is 1.87. The molecule has 0 saturated heterocycles. The van der Waals surface area contributed by atoms with Crippen molar-refractivity contribution in [2.24, 2.45) is 5.41 Å². The van der Waals surface area contributed by atoms with Gasteiger partial charge >= 0.3 is 0 Å². The van der Waals surface area contributed by atoms with Gasteiger partial charge in [-0.2, -0.15) is 0 Å². The molecule has 1 heterocycles. The van der Waals surface area contributed by atoms with Gasteiger partial charge in [0, 0.05) is 18.5 Å². The highest BCUT2D eigenvalue weighted by Gasteiger charge is 2.33. The number of amides is 1. The van der Waals surface area contributed by atoms with Crippen LogP contribution in [0.25, 0.3) is 0 Å². The molecule has 1 amide bonds. The lowest BCUT2D eigenvalue weighted by Gasteiger charge is -2.38. The Bertz CT molecular complexity index is 450. The van der Waals surface area contributed by atoms with Gasteiger partial charge in [-0.05, 0) is 31.6 Å². The molecule has 1 unspecified atom stereocenters. The van der Waals surface area contributed by atoms with E-state index in [-0.39, 0.29) is 17.4 Å². The summed E-state index contributed by atoms with van der Waals surface area (Å²) < 4.78 is 5.12. The summed E-state index contributed by atoms with van der Waals surface area (Å²) in [6.07, 6.45) is 7.77. The lowest BCUT2D eigenvalue weighted by atomic mass is 9.72. The third-order valence-corrected chi connectivity index (χ3v) is 5.09. The number of aryl methyl sites for hydroxylation is 1. The molecule has 4 heteroatoms. The van der Waals surface area contributed by atoms with E-state index in [1.54, 1.807) is 6.07 Å². The second-order valence-electron chi connectivity index (χ2n) is 6.25. The Morgan fingerprint density at radius 2 is 1.95 bits per heavy atom. The third kappa shape index (κ3) is 4.59. The number of nitrogens with zero attached hydrogens (tertiary/aromatic N) is 1. The largest absolute Gasteiger partial charge is 0.361 e. The molecule has 0 radical (unpaired) electrons. The van der Waals surface area contributed by atoms with Crippen LogP contribution in [0.4, 0.5) is 0 Å². The minimum absolute atomic E-state index is 0.127. The molecule has 1 N–H and O–H groups in total. The molecule has 4 nitrogen and oxygen atoms in total. The summed E-state index contributed by atoms with van der Waals surface area (Å²) in [4.78, 5) is 12.4. The fraction of sp³-hybridized carbons (Fsp3) is 0.778. The Morgan fingerprint density at radius 1 is 1.27 bits per heavy atom. The van der Waals surface area contributed by atoms with Crippen LogP contribution in [0, 0.1) is 5.41 Å². The van der Waals surface area contributed by atoms with Crippen molar-refractivity contribution in [2.75, 3.05) is 0 Å². The second-order valence-corrected chi connectivity index (χ2v) is 6.25. The highest BCUT2D eigenvalue weighted by atomic mass is 16.5. The van der Waals surface area contributed by atoms with Crippen molar-refractivity contribution in [3.05, 3.63) is 17.5 Å². The highest BCUT2D eigenvalue weighted by Crippen LogP contribution is 2.36. The van der Waals surface area contributed by atoms with Gasteiger partial charge in [-0.3, -0.25) is 4.79 Å². The summed E-state index contributed by atoms with van der Waals surface area (Å²) in [5.41, 5.74) is 0.556. The van der Waals surface area contributed by atoms with Gasteiger partial charge in [-0.15, -0.1) is 0 Å². The summed E-state index contributed by atoms with van der Waals surface area (Å²) in [5, 5.41) is 7.00. The number of carbonyl (C=O) groups is 1. The number of hydrogen-bond acceptors (Lipinski definition) is 3. The van der Waals surface area contributed by atoms with Crippen molar-refractivity contribution < 1.29 is 9.32 Å². The minimum Gasteiger partial charge on any atom is -0.361 e. The molecule has 1 rings (SSSR count). The maximum absolute atomic E-state index is 12.4. The van der Waals surface area contributed by atoms with Crippen LogP contribution in [-0.4, -0.2) is 17.1 Å². The molecule has 126 valence electrons. The van der Waals surface area contributed by atoms with Crippen LogP contribution in [0.2, 0.25) is 0 Å². The average Bonchev–Trinajstić information content (AvgIpc) is 3.01. The number of rotatable bonds is 10. The first-order valence-electron chi connectivity index (χ1n) is 8.79. The van der Waals surface area contributed by atoms with Crippen LogP contribution in [0.5, 0.6) is 0 Å². The maximum atomic E-state index is 12.4. The number of hydrogen-bond donors (Lipinski definition) is 1. The molecule has 0 aliphatic heterocycles. The monoisotopic (exact) mass is 308 g/mol. The van der Waals surface area contributed by atoms with E-state index < -0.39 is 0 Å². The van der Waals surface area contributed by atoms with Gasteiger partial charge in [0.25, 0.3) is 5.91 Å². The zero-order chi connectivity index (χ0) is 16.6. The molecule has 1 aromatic rings. The molecule has 0 aliphatic rings. The fourth-order valence-corrected chi connectivity index (χ4v) is 3.17. The van der Waals surface area contributed by atoms with Crippen LogP contribution in [0.3, 0.4) is 0 Å². The van der Waals surface area contributed by atoms with Crippen molar-refractivity contribution in [2.45, 2.75) is 85.6 Å². The molecule has 1 atom stereocenters. The summed E-state index contributed by atoms with van der Waals surface area (Å²) in [7, 11) is 0. The molecular formula is C18H32N2O2. The van der Waals surface area contributed by atoms with Crippen LogP contribution in [0.1, 0.15) is 89.4 Å². The van der Waals surface area contributed by atoms with Gasteiger partial charge in [-0.25, -0.2) is 0 Å². The molecule has 22 heavy (non-hydrogen) atoms. The Hall–Kier alpha value is -1.32. The molecule has 0 saturated carbocycles. The molecule has 0 aromatic carbocycles. The van der Waals surface area contributed by atoms with Gasteiger partial charge in [0.1, 0.15) is 5.76 Å². The minimum atomic E-state index is -0.127. The summed E-state index contributed by atoms with van der Waals surface area (Å²) >= 11 is 0. The Balaban J connectivity index is 2.72. The van der Waals surface area contributed by atoms with E-state index in [0.717, 1.165) is 31.4 Å². The Kier molecular flexibility index (Phi) is 7.63. The number of aromatic nitrogens is 1. The lowest BCUT2D eigenvalue weighted by molar-refractivity contribution is 0.0850. The fourth-order valence-electron chi connectivity index (χ4n) is 3.17. The van der Waals surface area contributed by atoms with E-state index in [2.05, 4.69) is 38.2 Å². The normalized spacial score (nSPS) is 13.1. The van der Waals surface area contributed by atoms with Crippen LogP contribution in [-0.2, 0) is 6.42 Å². The molecule has 0 bridgehead atoms. The van der Waals surface area contributed by atoms with E-state index in [1.807, 2.05) is 6.92 Å². The number of unbranched alkanes of at least 4 members (excludes halogenated alkanes) is 2. The number of carbonyl (C=O) groups excluding carboxylic acids is 1. The SMILES string of the molecule is CCCCCC(CC)(CC)C(C)NC(=O)c1cc(CC)on1. The van der Waals surface area contributed by atoms with Crippen molar-refractivity contribution in [3.8, 4) is 0 Å². The first kappa shape index (κ1) is 18.7. The highest BCUT2D eigenvalue weighted by molar-refractivity contribution is 5.92. The third-order valence-electron chi connectivity index (χ3n) is 5.09. The molecule has 0 fully saturated rings. The quantitative estimate of drug-likeness (QED) is 0.635. The smallest absolute Gasteiger partial charge is 0.273 e. The molecular weight excluding hydrogens is 276 g/mol. The standard InChI is InChI=1S/C18H32N2O2/c1-6-10-11-12-18(8-3,9-4)14(5)19-17(21)16-13-15(7-2)22-20-16/h13-14H,6-12H2,1-5H3,(H,19,21). The first-order valence-corrected chi connectivity index (χ1v) is 8.79. The van der Waals surface area contributed by atoms with Gasteiger partial charge in [0.05, 0.1) is 0 Å². The molecule has 1 aromatic heterocycles. The first-order chi connectivity index (χ1) is 10.5. The van der Waals surface area contributed by atoms with E-state index in [1.165, 1.54) is 19.3 Å². The van der Waals surface area contributed by atoms with E-state index in [0.29, 0.717) is 5.69 Å². The van der Waals surface area contributed by atoms with Crippen LogP contribution < -0.4 is 5.32 Å². The maximum Gasteiger partial charge on any atom is 0.273 e. The topological polar surface area (TPSA) is 55.1 Å². The van der Waals surface area contributed by atoms with Gasteiger partial charge in [0.2, 0.25) is 0 Å². The van der Waals surface area contributed by atoms with E-state index in [9.17, 15) is 4.79 Å². The van der Waals surface area contributed by atoms with Crippen molar-refractivity contribution in [1.29, 1.82) is 0 Å². The summed E-state index contributed by atoms with van der Waals surface area (Å²) in [6.45, 7) is 10.8. The molecule has 0 spiro atoms. The number of nitrogens with one attached hydrogen (secondary N) is 1. The van der Waals surface area contributed by atoms with Crippen molar-refractivity contribution in [3.63, 3.8) is 0 Å². The lowest BCUT2D eigenvalue weighted by Crippen LogP contribution is -2.45. The van der Waals surface area contributed by atoms with Crippen molar-refractivity contribution >= 4 is 5.91 Å². The zero-order valence-corrected chi connectivity index (χ0v) is 14.9. The van der Waals surface area contributed by atoms with Crippen molar-refractivity contribution in [1.82, 2.24) is 10.5 Å². The van der Waals surface area contributed by atoms with Gasteiger partial charge in [-0.1, -0.05) is 52.1 Å². The Morgan fingerprint density at radius 3 is 2.45 bits per heavy atom.